The predicted octanol–water partition coefficient (Wildman–Crippen LogP) is 2.15. The molecule has 1 N–H and O–H groups in total. The maximum Gasteiger partial charge on any atom is 0.0384 e. The van der Waals surface area contributed by atoms with E-state index < -0.39 is 0 Å². The zero-order valence-electron chi connectivity index (χ0n) is 9.65. The van der Waals surface area contributed by atoms with Gasteiger partial charge in [-0.05, 0) is 29.7 Å². The molecule has 1 fully saturated rings. The number of fused-ring (bicyclic) bond motifs is 4. The quantitative estimate of drug-likeness (QED) is 0.632. The van der Waals surface area contributed by atoms with E-state index in [0.717, 1.165) is 12.5 Å². The zero-order chi connectivity index (χ0) is 10.1. The van der Waals surface area contributed by atoms with Gasteiger partial charge in [0.25, 0.3) is 0 Å². The van der Waals surface area contributed by atoms with Crippen LogP contribution in [-0.4, -0.2) is 18.6 Å². The molecular formula is C12H20N2. The molecule has 3 rings (SSSR count). The average Bonchev–Trinajstić information content (AvgIpc) is 2.62. The smallest absolute Gasteiger partial charge is 0.0384 e. The van der Waals surface area contributed by atoms with Gasteiger partial charge in [-0.3, -0.25) is 0 Å². The van der Waals surface area contributed by atoms with Crippen molar-refractivity contribution >= 4 is 0 Å². The summed E-state index contributed by atoms with van der Waals surface area (Å²) in [4.78, 5) is 0. The number of hydrazine groups is 1. The monoisotopic (exact) mass is 192 g/mol. The van der Waals surface area contributed by atoms with Gasteiger partial charge in [-0.25, -0.2) is 5.43 Å². The van der Waals surface area contributed by atoms with E-state index in [-0.39, 0.29) is 0 Å². The lowest BCUT2D eigenvalue weighted by molar-refractivity contribution is 0.121. The van der Waals surface area contributed by atoms with Gasteiger partial charge in [0.1, 0.15) is 0 Å². The van der Waals surface area contributed by atoms with Gasteiger partial charge in [-0.2, -0.15) is 0 Å². The second-order valence-electron chi connectivity index (χ2n) is 5.91. The topological polar surface area (TPSA) is 15.3 Å². The maximum absolute atomic E-state index is 3.44. The molecule has 0 saturated heterocycles. The van der Waals surface area contributed by atoms with E-state index in [1.807, 2.05) is 0 Å². The molecule has 0 aromatic carbocycles. The Labute approximate surface area is 86.3 Å². The summed E-state index contributed by atoms with van der Waals surface area (Å²) in [6.07, 6.45) is 2.77. The second-order valence-corrected chi connectivity index (χ2v) is 5.91. The van der Waals surface area contributed by atoms with Crippen LogP contribution in [0, 0.1) is 16.7 Å². The van der Waals surface area contributed by atoms with Crippen LogP contribution in [0.15, 0.2) is 11.3 Å². The summed E-state index contributed by atoms with van der Waals surface area (Å²) in [5.74, 6) is 0.833. The van der Waals surface area contributed by atoms with Crippen molar-refractivity contribution in [2.75, 3.05) is 13.6 Å². The third-order valence-electron chi connectivity index (χ3n) is 5.32. The van der Waals surface area contributed by atoms with Crippen molar-refractivity contribution in [1.82, 2.24) is 10.4 Å². The van der Waals surface area contributed by atoms with Gasteiger partial charge < -0.3 is 5.01 Å². The summed E-state index contributed by atoms with van der Waals surface area (Å²) in [6.45, 7) is 8.46. The summed E-state index contributed by atoms with van der Waals surface area (Å²) in [7, 11) is 2.17. The van der Waals surface area contributed by atoms with Crippen molar-refractivity contribution in [2.45, 2.75) is 33.6 Å². The summed E-state index contributed by atoms with van der Waals surface area (Å²) in [5, 5.41) is 2.27. The van der Waals surface area contributed by atoms with Crippen LogP contribution in [0.1, 0.15) is 33.6 Å². The van der Waals surface area contributed by atoms with Crippen LogP contribution in [0.25, 0.3) is 0 Å². The first-order chi connectivity index (χ1) is 6.48. The number of nitrogens with one attached hydrogen (secondary N) is 1. The molecule has 14 heavy (non-hydrogen) atoms. The van der Waals surface area contributed by atoms with Crippen LogP contribution in [0.3, 0.4) is 0 Å². The highest BCUT2D eigenvalue weighted by atomic mass is 15.5. The predicted molar refractivity (Wildman–Crippen MR) is 57.4 cm³/mol. The Hall–Kier alpha value is -0.500. The van der Waals surface area contributed by atoms with Gasteiger partial charge >= 0.3 is 0 Å². The largest absolute Gasteiger partial charge is 0.315 e. The molecule has 2 bridgehead atoms. The van der Waals surface area contributed by atoms with Crippen LogP contribution in [0.2, 0.25) is 0 Å². The lowest BCUT2D eigenvalue weighted by atomic mass is 9.69. The molecule has 0 radical (unpaired) electrons. The Morgan fingerprint density at radius 1 is 1.36 bits per heavy atom. The third kappa shape index (κ3) is 0.670. The molecule has 2 atom stereocenters. The van der Waals surface area contributed by atoms with E-state index in [4.69, 9.17) is 0 Å². The zero-order valence-corrected chi connectivity index (χ0v) is 9.65. The normalized spacial score (nSPS) is 43.7. The minimum atomic E-state index is 0.422. The van der Waals surface area contributed by atoms with Crippen molar-refractivity contribution in [3.05, 3.63) is 11.3 Å². The lowest BCUT2D eigenvalue weighted by Gasteiger charge is -2.40. The van der Waals surface area contributed by atoms with Crippen LogP contribution in [-0.2, 0) is 0 Å². The highest BCUT2D eigenvalue weighted by Gasteiger charge is 2.62. The fourth-order valence-electron chi connectivity index (χ4n) is 4.13. The van der Waals surface area contributed by atoms with Crippen LogP contribution in [0.5, 0.6) is 0 Å². The molecule has 2 nitrogen and oxygen atoms in total. The number of hydrogen-bond donors (Lipinski definition) is 1. The molecule has 0 unspecified atom stereocenters. The van der Waals surface area contributed by atoms with E-state index in [2.05, 4.69) is 38.3 Å². The van der Waals surface area contributed by atoms with Crippen molar-refractivity contribution in [3.63, 3.8) is 0 Å². The van der Waals surface area contributed by atoms with Gasteiger partial charge in [-0.15, -0.1) is 0 Å². The van der Waals surface area contributed by atoms with Crippen molar-refractivity contribution in [2.24, 2.45) is 16.7 Å². The van der Waals surface area contributed by atoms with Gasteiger partial charge in [0.15, 0.2) is 0 Å². The molecule has 2 aliphatic carbocycles. The molecular weight excluding hydrogens is 172 g/mol. The molecule has 1 heterocycles. The molecule has 1 aliphatic heterocycles. The molecule has 0 aromatic rings. The lowest BCUT2D eigenvalue weighted by Crippen LogP contribution is -2.40. The molecule has 0 amide bonds. The molecule has 0 aromatic heterocycles. The maximum atomic E-state index is 3.44. The molecule has 0 spiro atoms. The van der Waals surface area contributed by atoms with E-state index in [9.17, 15) is 0 Å². The second kappa shape index (κ2) is 2.19. The fraction of sp³-hybridized carbons (Fsp3) is 0.833. The van der Waals surface area contributed by atoms with Crippen molar-refractivity contribution in [1.29, 1.82) is 0 Å². The summed E-state index contributed by atoms with van der Waals surface area (Å²) in [6, 6.07) is 0. The SMILES string of the molecule is CN1NCC2=C1[C@@]1(C)CC[C@@H]2C1(C)C. The van der Waals surface area contributed by atoms with E-state index >= 15 is 0 Å². The summed E-state index contributed by atoms with van der Waals surface area (Å²) < 4.78 is 0. The number of allylic oxidation sites excluding steroid dienone is 1. The first-order valence-electron chi connectivity index (χ1n) is 5.69. The van der Waals surface area contributed by atoms with E-state index in [1.54, 1.807) is 11.3 Å². The Morgan fingerprint density at radius 3 is 2.71 bits per heavy atom. The number of hydrogen-bond acceptors (Lipinski definition) is 2. The Kier molecular flexibility index (Phi) is 1.37. The molecule has 2 heteroatoms. The van der Waals surface area contributed by atoms with Crippen molar-refractivity contribution < 1.29 is 0 Å². The first kappa shape index (κ1) is 8.78. The molecule has 3 aliphatic rings. The summed E-state index contributed by atoms with van der Waals surface area (Å²) >= 11 is 0. The van der Waals surface area contributed by atoms with Gasteiger partial charge in [0.2, 0.25) is 0 Å². The minimum Gasteiger partial charge on any atom is -0.315 e. The Bertz CT molecular complexity index is 329. The Balaban J connectivity index is 2.17. The van der Waals surface area contributed by atoms with Gasteiger partial charge in [0.05, 0.1) is 0 Å². The average molecular weight is 192 g/mol. The summed E-state index contributed by atoms with van der Waals surface area (Å²) in [5.41, 5.74) is 7.66. The van der Waals surface area contributed by atoms with E-state index in [1.165, 1.54) is 12.8 Å². The van der Waals surface area contributed by atoms with Gasteiger partial charge in [0, 0.05) is 24.7 Å². The van der Waals surface area contributed by atoms with Crippen LogP contribution < -0.4 is 5.43 Å². The number of rotatable bonds is 0. The fourth-order valence-corrected chi connectivity index (χ4v) is 4.13. The highest BCUT2D eigenvalue weighted by molar-refractivity contribution is 5.40. The first-order valence-corrected chi connectivity index (χ1v) is 5.69. The number of nitrogens with zero attached hydrogens (tertiary/aromatic N) is 1. The highest BCUT2D eigenvalue weighted by Crippen LogP contribution is 2.68. The minimum absolute atomic E-state index is 0.422. The van der Waals surface area contributed by atoms with Crippen LogP contribution >= 0.6 is 0 Å². The Morgan fingerprint density at radius 2 is 2.07 bits per heavy atom. The third-order valence-corrected chi connectivity index (χ3v) is 5.32. The van der Waals surface area contributed by atoms with Crippen LogP contribution in [0.4, 0.5) is 0 Å². The standard InChI is InChI=1S/C12H20N2/c1-11(2)9-5-6-12(11,3)10-8(9)7-13-14(10)4/h9,13H,5-7H2,1-4H3/t9-,12+/m0/s1. The molecule has 78 valence electrons. The van der Waals surface area contributed by atoms with E-state index in [0.29, 0.717) is 10.8 Å². The van der Waals surface area contributed by atoms with Gasteiger partial charge in [-0.1, -0.05) is 20.8 Å². The molecule has 1 saturated carbocycles. The van der Waals surface area contributed by atoms with Crippen molar-refractivity contribution in [3.8, 4) is 0 Å².